The highest BCUT2D eigenvalue weighted by Gasteiger charge is 2.33. The molecule has 0 N–H and O–H groups in total. The second-order valence-electron chi connectivity index (χ2n) is 3.67. The van der Waals surface area contributed by atoms with Crippen molar-refractivity contribution in [2.24, 2.45) is 0 Å². The van der Waals surface area contributed by atoms with Crippen LogP contribution in [0.5, 0.6) is 0 Å². The van der Waals surface area contributed by atoms with Crippen LogP contribution in [0.25, 0.3) is 0 Å². The Balaban J connectivity index is 2.24. The molecule has 4 heteroatoms. The number of benzene rings is 2. The monoisotopic (exact) mass is 282 g/mol. The molecule has 2 rings (SSSR count). The minimum Gasteiger partial charge on any atom is -0.195 e. The zero-order valence-electron chi connectivity index (χ0n) is 9.98. The fourth-order valence-corrected chi connectivity index (χ4v) is 3.62. The molecule has 2 aromatic rings. The van der Waals surface area contributed by atoms with E-state index in [2.05, 4.69) is 12.1 Å². The number of nitriles is 2. The van der Waals surface area contributed by atoms with Crippen LogP contribution in [0.1, 0.15) is 0 Å². The molecule has 0 aliphatic carbocycles. The summed E-state index contributed by atoms with van der Waals surface area (Å²) in [6, 6.07) is 23.3. The molecule has 0 aliphatic rings. The van der Waals surface area contributed by atoms with Crippen LogP contribution in [-0.4, -0.2) is 4.08 Å². The Morgan fingerprint density at radius 2 is 1.05 bits per heavy atom. The molecule has 0 aromatic heterocycles. The van der Waals surface area contributed by atoms with Crippen LogP contribution in [0.2, 0.25) is 0 Å². The van der Waals surface area contributed by atoms with E-state index in [-0.39, 0.29) is 0 Å². The van der Waals surface area contributed by atoms with Gasteiger partial charge in [-0.25, -0.2) is 0 Å². The van der Waals surface area contributed by atoms with Crippen LogP contribution in [-0.2, 0) is 0 Å². The van der Waals surface area contributed by atoms with E-state index in [1.165, 1.54) is 23.5 Å². The SMILES string of the molecule is N#CC(C#N)(Sc1ccccc1)Sc1ccccc1. The third kappa shape index (κ3) is 3.54. The molecule has 0 atom stereocenters. The first kappa shape index (κ1) is 13.5. The van der Waals surface area contributed by atoms with E-state index in [1.54, 1.807) is 0 Å². The molecule has 2 nitrogen and oxygen atoms in total. The van der Waals surface area contributed by atoms with Gasteiger partial charge in [-0.1, -0.05) is 59.9 Å². The first-order chi connectivity index (χ1) is 9.28. The van der Waals surface area contributed by atoms with Gasteiger partial charge in [-0.15, -0.1) is 0 Å². The maximum absolute atomic E-state index is 9.39. The Hall–Kier alpha value is -1.88. The maximum Gasteiger partial charge on any atom is 0.243 e. The van der Waals surface area contributed by atoms with Crippen molar-refractivity contribution in [1.29, 1.82) is 10.5 Å². The maximum atomic E-state index is 9.39. The minimum absolute atomic E-state index is 0.911. The largest absolute Gasteiger partial charge is 0.243 e. The van der Waals surface area contributed by atoms with Crippen LogP contribution in [0, 0.1) is 22.7 Å². The lowest BCUT2D eigenvalue weighted by atomic mass is 10.4. The summed E-state index contributed by atoms with van der Waals surface area (Å²) in [5, 5.41) is 18.8. The van der Waals surface area contributed by atoms with E-state index in [9.17, 15) is 10.5 Å². The average Bonchev–Trinajstić information content (AvgIpc) is 2.48. The van der Waals surface area contributed by atoms with Crippen molar-refractivity contribution in [3.05, 3.63) is 60.7 Å². The van der Waals surface area contributed by atoms with Gasteiger partial charge in [0.25, 0.3) is 0 Å². The fourth-order valence-electron chi connectivity index (χ4n) is 1.45. The van der Waals surface area contributed by atoms with Gasteiger partial charge in [0.15, 0.2) is 0 Å². The highest BCUT2D eigenvalue weighted by Crippen LogP contribution is 2.44. The van der Waals surface area contributed by atoms with Gasteiger partial charge >= 0.3 is 0 Å². The second kappa shape index (κ2) is 6.33. The number of hydrogen-bond acceptors (Lipinski definition) is 4. The van der Waals surface area contributed by atoms with Gasteiger partial charge in [-0.05, 0) is 24.3 Å². The number of hydrogen-bond donors (Lipinski definition) is 0. The normalized spacial score (nSPS) is 10.4. The molecule has 0 aliphatic heterocycles. The van der Waals surface area contributed by atoms with Crippen molar-refractivity contribution in [3.8, 4) is 12.1 Å². The fraction of sp³-hybridized carbons (Fsp3) is 0.0667. The summed E-state index contributed by atoms with van der Waals surface area (Å²) in [4.78, 5) is 1.82. The zero-order valence-corrected chi connectivity index (χ0v) is 11.6. The standard InChI is InChI=1S/C15H10N2S2/c16-11-15(12-17,18-13-7-3-1-4-8-13)19-14-9-5-2-6-10-14/h1-10H. The first-order valence-corrected chi connectivity index (χ1v) is 7.22. The molecule has 0 bridgehead atoms. The van der Waals surface area contributed by atoms with Crippen molar-refractivity contribution in [1.82, 2.24) is 0 Å². The molecule has 0 saturated heterocycles. The molecule has 0 unspecified atom stereocenters. The van der Waals surface area contributed by atoms with E-state index in [4.69, 9.17) is 0 Å². The van der Waals surface area contributed by atoms with Gasteiger partial charge in [0.2, 0.25) is 4.08 Å². The van der Waals surface area contributed by atoms with Crippen molar-refractivity contribution in [3.63, 3.8) is 0 Å². The molecule has 0 radical (unpaired) electrons. The lowest BCUT2D eigenvalue weighted by molar-refractivity contribution is 1.26. The van der Waals surface area contributed by atoms with Gasteiger partial charge in [-0.3, -0.25) is 0 Å². The summed E-state index contributed by atoms with van der Waals surface area (Å²) in [7, 11) is 0. The summed E-state index contributed by atoms with van der Waals surface area (Å²) in [5.41, 5.74) is 0. The van der Waals surface area contributed by atoms with Gasteiger partial charge in [0.1, 0.15) is 12.1 Å². The lowest BCUT2D eigenvalue weighted by Gasteiger charge is -2.17. The quantitative estimate of drug-likeness (QED) is 0.619. The molecule has 0 heterocycles. The van der Waals surface area contributed by atoms with E-state index < -0.39 is 4.08 Å². The molecule has 2 aromatic carbocycles. The summed E-state index contributed by atoms with van der Waals surface area (Å²) >= 11 is 2.54. The number of rotatable bonds is 4. The van der Waals surface area contributed by atoms with Gasteiger partial charge < -0.3 is 0 Å². The van der Waals surface area contributed by atoms with Crippen LogP contribution < -0.4 is 0 Å². The van der Waals surface area contributed by atoms with E-state index in [0.717, 1.165) is 9.79 Å². The number of thioether (sulfide) groups is 2. The minimum atomic E-state index is -1.16. The third-order valence-corrected chi connectivity index (χ3v) is 4.76. The highest BCUT2D eigenvalue weighted by atomic mass is 32.2. The van der Waals surface area contributed by atoms with E-state index in [1.807, 2.05) is 60.7 Å². The van der Waals surface area contributed by atoms with Gasteiger partial charge in [0, 0.05) is 9.79 Å². The van der Waals surface area contributed by atoms with Crippen LogP contribution >= 0.6 is 23.5 Å². The highest BCUT2D eigenvalue weighted by molar-refractivity contribution is 8.19. The first-order valence-electron chi connectivity index (χ1n) is 5.59. The molecule has 0 amide bonds. The molecule has 19 heavy (non-hydrogen) atoms. The van der Waals surface area contributed by atoms with E-state index in [0.29, 0.717) is 0 Å². The van der Waals surface area contributed by atoms with Crippen LogP contribution in [0.15, 0.2) is 70.5 Å². The molecule has 0 fully saturated rings. The van der Waals surface area contributed by atoms with Crippen LogP contribution in [0.3, 0.4) is 0 Å². The van der Waals surface area contributed by atoms with Gasteiger partial charge in [-0.2, -0.15) is 10.5 Å². The molecule has 92 valence electrons. The zero-order chi connectivity index (χ0) is 13.6. The predicted octanol–water partition coefficient (Wildman–Crippen LogP) is 4.31. The predicted molar refractivity (Wildman–Crippen MR) is 78.6 cm³/mol. The summed E-state index contributed by atoms with van der Waals surface area (Å²) in [6.45, 7) is 0. The van der Waals surface area contributed by atoms with Gasteiger partial charge in [0.05, 0.1) is 0 Å². The molecular formula is C15H10N2S2. The molecular weight excluding hydrogens is 272 g/mol. The molecule has 0 saturated carbocycles. The Morgan fingerprint density at radius 3 is 1.37 bits per heavy atom. The third-order valence-electron chi connectivity index (χ3n) is 2.30. The molecule has 0 spiro atoms. The second-order valence-corrected chi connectivity index (χ2v) is 6.50. The van der Waals surface area contributed by atoms with Crippen molar-refractivity contribution >= 4 is 23.5 Å². The van der Waals surface area contributed by atoms with Crippen molar-refractivity contribution in [2.75, 3.05) is 0 Å². The Morgan fingerprint density at radius 1 is 0.684 bits per heavy atom. The van der Waals surface area contributed by atoms with E-state index >= 15 is 0 Å². The lowest BCUT2D eigenvalue weighted by Crippen LogP contribution is -2.13. The summed E-state index contributed by atoms with van der Waals surface area (Å²) < 4.78 is -1.16. The topological polar surface area (TPSA) is 47.6 Å². The average molecular weight is 282 g/mol. The number of nitrogens with zero attached hydrogens (tertiary/aromatic N) is 2. The van der Waals surface area contributed by atoms with Crippen molar-refractivity contribution < 1.29 is 0 Å². The Kier molecular flexibility index (Phi) is 4.52. The van der Waals surface area contributed by atoms with Crippen LogP contribution in [0.4, 0.5) is 0 Å². The smallest absolute Gasteiger partial charge is 0.195 e. The summed E-state index contributed by atoms with van der Waals surface area (Å²) in [5.74, 6) is 0. The Bertz CT molecular complexity index is 555. The van der Waals surface area contributed by atoms with Crippen molar-refractivity contribution in [2.45, 2.75) is 13.9 Å². The Labute approximate surface area is 121 Å². The summed E-state index contributed by atoms with van der Waals surface area (Å²) in [6.07, 6.45) is 0.